The average molecular weight is 402 g/mol. The van der Waals surface area contributed by atoms with Crippen LogP contribution in [0.5, 0.6) is 5.75 Å². The number of carbonyl (C=O) groups is 3. The Labute approximate surface area is 166 Å². The van der Waals surface area contributed by atoms with Crippen molar-refractivity contribution >= 4 is 39.8 Å². The van der Waals surface area contributed by atoms with E-state index < -0.39 is 12.0 Å². The van der Waals surface area contributed by atoms with Crippen LogP contribution in [0.3, 0.4) is 0 Å². The highest BCUT2D eigenvalue weighted by Crippen LogP contribution is 2.35. The molecule has 2 amide bonds. The zero-order valence-corrected chi connectivity index (χ0v) is 16.8. The van der Waals surface area contributed by atoms with Crippen LogP contribution in [0.1, 0.15) is 49.0 Å². The van der Waals surface area contributed by atoms with E-state index in [1.165, 1.54) is 16.2 Å². The highest BCUT2D eigenvalue weighted by Gasteiger charge is 2.33. The molecule has 0 aliphatic carbocycles. The number of ether oxygens (including phenoxy) is 1. The number of aromatic nitrogens is 2. The Hall–Kier alpha value is -2.81. The predicted molar refractivity (Wildman–Crippen MR) is 106 cm³/mol. The molecule has 1 aromatic heterocycles. The maximum atomic E-state index is 12.6. The Morgan fingerprint density at radius 1 is 1.29 bits per heavy atom. The van der Waals surface area contributed by atoms with Crippen LogP contribution in [0.2, 0.25) is 0 Å². The largest absolute Gasteiger partial charge is 0.479 e. The van der Waals surface area contributed by atoms with Crippen molar-refractivity contribution in [2.24, 2.45) is 0 Å². The highest BCUT2D eigenvalue weighted by molar-refractivity contribution is 7.15. The number of Topliss-reactive ketones (excluding diaryl/α,β-unsaturated/α-hetero) is 1. The van der Waals surface area contributed by atoms with Gasteiger partial charge in [0.05, 0.1) is 5.69 Å². The molecule has 1 aromatic carbocycles. The van der Waals surface area contributed by atoms with E-state index in [-0.39, 0.29) is 18.2 Å². The lowest BCUT2D eigenvalue weighted by atomic mass is 10.0. The summed E-state index contributed by atoms with van der Waals surface area (Å²) in [5, 5.41) is 11.8. The van der Waals surface area contributed by atoms with Crippen molar-refractivity contribution in [1.29, 1.82) is 0 Å². The summed E-state index contributed by atoms with van der Waals surface area (Å²) in [5.74, 6) is -0.273. The van der Waals surface area contributed by atoms with Gasteiger partial charge in [0.2, 0.25) is 11.0 Å². The smallest absolute Gasteiger partial charge is 0.268 e. The number of nitrogens with one attached hydrogen (secondary N) is 1. The topological polar surface area (TPSA) is 101 Å². The van der Waals surface area contributed by atoms with Gasteiger partial charge < -0.3 is 4.74 Å². The lowest BCUT2D eigenvalue weighted by Gasteiger charge is -2.32. The minimum absolute atomic E-state index is 0.0123. The highest BCUT2D eigenvalue weighted by atomic mass is 32.1. The summed E-state index contributed by atoms with van der Waals surface area (Å²) in [6.45, 7) is 5.31. The van der Waals surface area contributed by atoms with Crippen LogP contribution in [0, 0.1) is 0 Å². The number of nitrogens with zero attached hydrogens (tertiary/aromatic N) is 3. The minimum atomic E-state index is -0.717. The third-order valence-electron chi connectivity index (χ3n) is 4.28. The van der Waals surface area contributed by atoms with Gasteiger partial charge in [-0.15, -0.1) is 10.2 Å². The molecule has 0 bridgehead atoms. The van der Waals surface area contributed by atoms with Crippen molar-refractivity contribution in [3.05, 3.63) is 28.8 Å². The molecule has 148 valence electrons. The molecule has 28 heavy (non-hydrogen) atoms. The van der Waals surface area contributed by atoms with E-state index in [0.29, 0.717) is 28.6 Å². The lowest BCUT2D eigenvalue weighted by Crippen LogP contribution is -2.47. The fraction of sp³-hybridized carbons (Fsp3) is 0.421. The number of carbonyl (C=O) groups excluding carboxylic acids is 3. The molecule has 1 unspecified atom stereocenters. The predicted octanol–water partition coefficient (Wildman–Crippen LogP) is 2.84. The van der Waals surface area contributed by atoms with Crippen molar-refractivity contribution in [2.75, 3.05) is 16.8 Å². The lowest BCUT2D eigenvalue weighted by molar-refractivity contribution is -0.127. The van der Waals surface area contributed by atoms with Crippen LogP contribution in [0.15, 0.2) is 18.2 Å². The summed E-state index contributed by atoms with van der Waals surface area (Å²) in [5.41, 5.74) is 0.917. The summed E-state index contributed by atoms with van der Waals surface area (Å²) in [7, 11) is 0. The van der Waals surface area contributed by atoms with Gasteiger partial charge in [-0.3, -0.25) is 24.6 Å². The van der Waals surface area contributed by atoms with Gasteiger partial charge in [-0.25, -0.2) is 0 Å². The number of benzene rings is 1. The van der Waals surface area contributed by atoms with Gasteiger partial charge in [-0.05, 0) is 38.0 Å². The Morgan fingerprint density at radius 2 is 2.07 bits per heavy atom. The molecular weight excluding hydrogens is 380 g/mol. The summed E-state index contributed by atoms with van der Waals surface area (Å²) >= 11 is 1.30. The number of anilines is 2. The number of ketones is 1. The summed E-state index contributed by atoms with van der Waals surface area (Å²) < 4.78 is 5.63. The standard InChI is InChI=1S/C19H22N4O4S/c1-4-6-14(24)12-7-8-15-13(9-12)23(18(26)11(3)27-15)10-16(25)20-19-22-21-17(5-2)28-19/h7-9,11H,4-6,10H2,1-3H3,(H,20,22,25). The molecule has 1 aliphatic heterocycles. The van der Waals surface area contributed by atoms with Crippen molar-refractivity contribution in [3.63, 3.8) is 0 Å². The van der Waals surface area contributed by atoms with Crippen molar-refractivity contribution in [3.8, 4) is 5.75 Å². The summed E-state index contributed by atoms with van der Waals surface area (Å²) in [6, 6.07) is 4.97. The molecule has 0 radical (unpaired) electrons. The number of hydrogen-bond donors (Lipinski definition) is 1. The molecule has 0 fully saturated rings. The fourth-order valence-electron chi connectivity index (χ4n) is 2.86. The second-order valence-electron chi connectivity index (χ2n) is 6.44. The third kappa shape index (κ3) is 4.19. The first-order valence-corrected chi connectivity index (χ1v) is 10.0. The molecule has 8 nitrogen and oxygen atoms in total. The Morgan fingerprint density at radius 3 is 2.75 bits per heavy atom. The number of rotatable bonds is 7. The number of aryl methyl sites for hydroxylation is 1. The molecule has 0 saturated carbocycles. The third-order valence-corrected chi connectivity index (χ3v) is 5.27. The Kier molecular flexibility index (Phi) is 6.03. The summed E-state index contributed by atoms with van der Waals surface area (Å²) in [4.78, 5) is 38.7. The Balaban J connectivity index is 1.83. The van der Waals surface area contributed by atoms with E-state index in [2.05, 4.69) is 15.5 Å². The minimum Gasteiger partial charge on any atom is -0.479 e. The maximum absolute atomic E-state index is 12.6. The second-order valence-corrected chi connectivity index (χ2v) is 7.50. The van der Waals surface area contributed by atoms with Crippen LogP contribution in [-0.4, -0.2) is 40.4 Å². The number of amides is 2. The molecule has 2 heterocycles. The number of fused-ring (bicyclic) bond motifs is 1. The quantitative estimate of drug-likeness (QED) is 0.715. The molecule has 9 heteroatoms. The van der Waals surface area contributed by atoms with Crippen molar-refractivity contribution in [1.82, 2.24) is 10.2 Å². The van der Waals surface area contributed by atoms with E-state index in [9.17, 15) is 14.4 Å². The molecule has 3 rings (SSSR count). The molecular formula is C19H22N4O4S. The van der Waals surface area contributed by atoms with E-state index >= 15 is 0 Å². The molecule has 1 atom stereocenters. The zero-order valence-electron chi connectivity index (χ0n) is 16.0. The first-order valence-electron chi connectivity index (χ1n) is 9.20. The van der Waals surface area contributed by atoms with Gasteiger partial charge in [0.15, 0.2) is 11.9 Å². The average Bonchev–Trinajstić information content (AvgIpc) is 3.12. The van der Waals surface area contributed by atoms with Crippen LogP contribution in [-0.2, 0) is 16.0 Å². The summed E-state index contributed by atoms with van der Waals surface area (Å²) in [6.07, 6.45) is 1.16. The van der Waals surface area contributed by atoms with Crippen molar-refractivity contribution < 1.29 is 19.1 Å². The van der Waals surface area contributed by atoms with Crippen LogP contribution < -0.4 is 15.0 Å². The zero-order chi connectivity index (χ0) is 20.3. The van der Waals surface area contributed by atoms with Gasteiger partial charge in [-0.1, -0.05) is 25.2 Å². The Bertz CT molecular complexity index is 911. The van der Waals surface area contributed by atoms with Gasteiger partial charge in [0, 0.05) is 12.0 Å². The monoisotopic (exact) mass is 402 g/mol. The van der Waals surface area contributed by atoms with Gasteiger partial charge in [-0.2, -0.15) is 0 Å². The first kappa shape index (κ1) is 19.9. The van der Waals surface area contributed by atoms with Crippen LogP contribution >= 0.6 is 11.3 Å². The van der Waals surface area contributed by atoms with Gasteiger partial charge in [0.25, 0.3) is 5.91 Å². The van der Waals surface area contributed by atoms with Crippen molar-refractivity contribution in [2.45, 2.75) is 46.1 Å². The van der Waals surface area contributed by atoms with Crippen LogP contribution in [0.25, 0.3) is 0 Å². The molecule has 0 spiro atoms. The molecule has 1 aliphatic rings. The van der Waals surface area contributed by atoms with E-state index in [0.717, 1.165) is 17.8 Å². The van der Waals surface area contributed by atoms with E-state index in [4.69, 9.17) is 4.74 Å². The molecule has 2 aromatic rings. The normalized spacial score (nSPS) is 15.8. The molecule has 1 N–H and O–H groups in total. The van der Waals surface area contributed by atoms with E-state index in [1.54, 1.807) is 25.1 Å². The molecule has 0 saturated heterocycles. The fourth-order valence-corrected chi connectivity index (χ4v) is 3.56. The number of hydrogen-bond acceptors (Lipinski definition) is 7. The second kappa shape index (κ2) is 8.47. The van der Waals surface area contributed by atoms with Crippen LogP contribution in [0.4, 0.5) is 10.8 Å². The SMILES string of the molecule is CCCC(=O)c1ccc2c(c1)N(CC(=O)Nc1nnc(CC)s1)C(=O)C(C)O2. The van der Waals surface area contributed by atoms with E-state index in [1.807, 2.05) is 13.8 Å². The van der Waals surface area contributed by atoms with Gasteiger partial charge >= 0.3 is 0 Å². The maximum Gasteiger partial charge on any atom is 0.268 e. The van der Waals surface area contributed by atoms with Gasteiger partial charge in [0.1, 0.15) is 17.3 Å². The first-order chi connectivity index (χ1) is 13.4.